The van der Waals surface area contributed by atoms with Crippen molar-refractivity contribution in [2.45, 2.75) is 6.54 Å². The second kappa shape index (κ2) is 5.39. The maximum Gasteiger partial charge on any atom is 0.287 e. The van der Waals surface area contributed by atoms with Crippen molar-refractivity contribution >= 4 is 28.5 Å². The summed E-state index contributed by atoms with van der Waals surface area (Å²) in [6, 6.07) is 16.7. The summed E-state index contributed by atoms with van der Waals surface area (Å²) in [6.45, 7) is 0.371. The first kappa shape index (κ1) is 12.8. The Morgan fingerprint density at radius 3 is 2.65 bits per heavy atom. The van der Waals surface area contributed by atoms with Crippen LogP contribution in [0.25, 0.3) is 11.0 Å². The van der Waals surface area contributed by atoms with Crippen LogP contribution < -0.4 is 5.32 Å². The van der Waals surface area contributed by atoms with Gasteiger partial charge in [0.05, 0.1) is 0 Å². The van der Waals surface area contributed by atoms with E-state index < -0.39 is 0 Å². The van der Waals surface area contributed by atoms with E-state index in [0.29, 0.717) is 22.9 Å². The van der Waals surface area contributed by atoms with Crippen LogP contribution in [0, 0.1) is 0 Å². The summed E-state index contributed by atoms with van der Waals surface area (Å²) < 4.78 is 5.50. The van der Waals surface area contributed by atoms with E-state index >= 15 is 0 Å². The molecular formula is C16H12ClNO2. The number of carbonyl (C=O) groups excluding carboxylic acids is 1. The van der Waals surface area contributed by atoms with E-state index in [4.69, 9.17) is 16.0 Å². The van der Waals surface area contributed by atoms with Gasteiger partial charge in [0.2, 0.25) is 0 Å². The van der Waals surface area contributed by atoms with Crippen molar-refractivity contribution in [3.8, 4) is 0 Å². The number of nitrogens with one attached hydrogen (secondary N) is 1. The third-order valence-corrected chi connectivity index (χ3v) is 3.42. The third kappa shape index (κ3) is 2.53. The molecule has 0 saturated heterocycles. The molecule has 0 fully saturated rings. The van der Waals surface area contributed by atoms with Gasteiger partial charge in [0.25, 0.3) is 5.91 Å². The highest BCUT2D eigenvalue weighted by molar-refractivity contribution is 6.31. The van der Waals surface area contributed by atoms with Gasteiger partial charge < -0.3 is 9.73 Å². The molecule has 100 valence electrons. The summed E-state index contributed by atoms with van der Waals surface area (Å²) in [5.74, 6) is 0.0550. The number of fused-ring (bicyclic) bond motifs is 1. The van der Waals surface area contributed by atoms with Crippen LogP contribution in [0.15, 0.2) is 59.0 Å². The number of rotatable bonds is 3. The molecule has 0 saturated carbocycles. The number of hydrogen-bond acceptors (Lipinski definition) is 2. The van der Waals surface area contributed by atoms with Crippen molar-refractivity contribution in [3.05, 3.63) is 70.9 Å². The Labute approximate surface area is 121 Å². The smallest absolute Gasteiger partial charge is 0.287 e. The number of amides is 1. The summed E-state index contributed by atoms with van der Waals surface area (Å²) in [5.41, 5.74) is 1.58. The van der Waals surface area contributed by atoms with Crippen LogP contribution in [0.3, 0.4) is 0 Å². The first-order valence-corrected chi connectivity index (χ1v) is 6.62. The van der Waals surface area contributed by atoms with Crippen LogP contribution >= 0.6 is 11.6 Å². The standard InChI is InChI=1S/C16H12ClNO2/c17-13-7-3-1-6-12(13)10-18-16(19)15-9-11-5-2-4-8-14(11)20-15/h1-9H,10H2,(H,18,19). The van der Waals surface area contributed by atoms with Crippen LogP contribution in [-0.2, 0) is 6.54 Å². The van der Waals surface area contributed by atoms with Crippen LogP contribution in [0.1, 0.15) is 16.1 Å². The fraction of sp³-hybridized carbons (Fsp3) is 0.0625. The molecule has 0 unspecified atom stereocenters. The van der Waals surface area contributed by atoms with Gasteiger partial charge in [-0.3, -0.25) is 4.79 Å². The molecule has 1 aromatic heterocycles. The molecule has 1 N–H and O–H groups in total. The molecule has 0 atom stereocenters. The first-order chi connectivity index (χ1) is 9.74. The Balaban J connectivity index is 1.75. The van der Waals surface area contributed by atoms with E-state index in [1.807, 2.05) is 42.5 Å². The lowest BCUT2D eigenvalue weighted by Crippen LogP contribution is -2.22. The van der Waals surface area contributed by atoms with Gasteiger partial charge in [-0.2, -0.15) is 0 Å². The summed E-state index contributed by atoms with van der Waals surface area (Å²) >= 11 is 6.04. The van der Waals surface area contributed by atoms with Crippen LogP contribution in [0.4, 0.5) is 0 Å². The van der Waals surface area contributed by atoms with E-state index in [9.17, 15) is 4.79 Å². The number of halogens is 1. The number of hydrogen-bond donors (Lipinski definition) is 1. The largest absolute Gasteiger partial charge is 0.451 e. The van der Waals surface area contributed by atoms with Gasteiger partial charge in [0.15, 0.2) is 5.76 Å². The zero-order chi connectivity index (χ0) is 13.9. The topological polar surface area (TPSA) is 42.2 Å². The molecule has 0 spiro atoms. The average molecular weight is 286 g/mol. The molecule has 2 aromatic carbocycles. The van der Waals surface area contributed by atoms with Gasteiger partial charge in [-0.25, -0.2) is 0 Å². The molecule has 4 heteroatoms. The SMILES string of the molecule is O=C(NCc1ccccc1Cl)c1cc2ccccc2o1. The Morgan fingerprint density at radius 2 is 1.85 bits per heavy atom. The highest BCUT2D eigenvalue weighted by Gasteiger charge is 2.12. The molecule has 3 aromatic rings. The van der Waals surface area contributed by atoms with Crippen molar-refractivity contribution in [1.82, 2.24) is 5.32 Å². The summed E-state index contributed by atoms with van der Waals surface area (Å²) in [7, 11) is 0. The van der Waals surface area contributed by atoms with Gasteiger partial charge in [-0.15, -0.1) is 0 Å². The monoisotopic (exact) mass is 285 g/mol. The van der Waals surface area contributed by atoms with Crippen molar-refractivity contribution in [3.63, 3.8) is 0 Å². The van der Waals surface area contributed by atoms with Gasteiger partial charge >= 0.3 is 0 Å². The molecule has 1 heterocycles. The van der Waals surface area contributed by atoms with Crippen LogP contribution in [0.2, 0.25) is 5.02 Å². The number of benzene rings is 2. The first-order valence-electron chi connectivity index (χ1n) is 6.24. The van der Waals surface area contributed by atoms with Crippen LogP contribution in [-0.4, -0.2) is 5.91 Å². The fourth-order valence-electron chi connectivity index (χ4n) is 2.00. The summed E-state index contributed by atoms with van der Waals surface area (Å²) in [6.07, 6.45) is 0. The minimum Gasteiger partial charge on any atom is -0.451 e. The maximum atomic E-state index is 12.1. The Bertz CT molecular complexity index is 731. The minimum absolute atomic E-state index is 0.249. The van der Waals surface area contributed by atoms with E-state index in [1.165, 1.54) is 0 Å². The lowest BCUT2D eigenvalue weighted by Gasteiger charge is -2.04. The molecule has 20 heavy (non-hydrogen) atoms. The zero-order valence-electron chi connectivity index (χ0n) is 10.6. The number of carbonyl (C=O) groups is 1. The van der Waals surface area contributed by atoms with Gasteiger partial charge in [0.1, 0.15) is 5.58 Å². The fourth-order valence-corrected chi connectivity index (χ4v) is 2.20. The molecule has 1 amide bonds. The molecule has 0 aliphatic carbocycles. The molecular weight excluding hydrogens is 274 g/mol. The Kier molecular flexibility index (Phi) is 3.44. The number of furan rings is 1. The minimum atomic E-state index is -0.249. The predicted molar refractivity (Wildman–Crippen MR) is 78.8 cm³/mol. The Hall–Kier alpha value is -2.26. The molecule has 3 rings (SSSR count). The zero-order valence-corrected chi connectivity index (χ0v) is 11.4. The lowest BCUT2D eigenvalue weighted by molar-refractivity contribution is 0.0925. The van der Waals surface area contributed by atoms with Crippen molar-refractivity contribution in [2.24, 2.45) is 0 Å². The van der Waals surface area contributed by atoms with E-state index in [2.05, 4.69) is 5.32 Å². The maximum absolute atomic E-state index is 12.1. The van der Waals surface area contributed by atoms with Crippen molar-refractivity contribution in [2.75, 3.05) is 0 Å². The Morgan fingerprint density at radius 1 is 1.10 bits per heavy atom. The highest BCUT2D eigenvalue weighted by atomic mass is 35.5. The average Bonchev–Trinajstić information content (AvgIpc) is 2.90. The predicted octanol–water partition coefficient (Wildman–Crippen LogP) is 4.02. The summed E-state index contributed by atoms with van der Waals surface area (Å²) in [4.78, 5) is 12.1. The molecule has 0 aliphatic heterocycles. The van der Waals surface area contributed by atoms with Gasteiger partial charge in [-0.05, 0) is 23.8 Å². The van der Waals surface area contributed by atoms with E-state index in [-0.39, 0.29) is 5.91 Å². The molecule has 0 aliphatic rings. The second-order valence-corrected chi connectivity index (χ2v) is 4.83. The van der Waals surface area contributed by atoms with Crippen molar-refractivity contribution in [1.29, 1.82) is 0 Å². The summed E-state index contributed by atoms with van der Waals surface area (Å²) in [5, 5.41) is 4.35. The van der Waals surface area contributed by atoms with Crippen LogP contribution in [0.5, 0.6) is 0 Å². The number of para-hydroxylation sites is 1. The quantitative estimate of drug-likeness (QED) is 0.790. The second-order valence-electron chi connectivity index (χ2n) is 4.42. The lowest BCUT2D eigenvalue weighted by atomic mass is 10.2. The van der Waals surface area contributed by atoms with Gasteiger partial charge in [-0.1, -0.05) is 48.0 Å². The molecule has 0 radical (unpaired) electrons. The third-order valence-electron chi connectivity index (χ3n) is 3.05. The van der Waals surface area contributed by atoms with Crippen molar-refractivity contribution < 1.29 is 9.21 Å². The normalized spacial score (nSPS) is 10.7. The van der Waals surface area contributed by atoms with E-state index in [0.717, 1.165) is 10.9 Å². The molecule has 0 bridgehead atoms. The van der Waals surface area contributed by atoms with E-state index in [1.54, 1.807) is 12.1 Å². The van der Waals surface area contributed by atoms with Gasteiger partial charge in [0, 0.05) is 17.0 Å². The molecule has 3 nitrogen and oxygen atoms in total. The highest BCUT2D eigenvalue weighted by Crippen LogP contribution is 2.19.